The number of aryl methyl sites for hydroxylation is 1. The number of Topliss-reactive ketones (excluding diaryl/α,β-unsaturated/α-hetero) is 1. The summed E-state index contributed by atoms with van der Waals surface area (Å²) in [7, 11) is 0. The van der Waals surface area contributed by atoms with E-state index in [1.807, 2.05) is 19.1 Å². The number of aromatic nitrogens is 4. The van der Waals surface area contributed by atoms with Crippen LogP contribution in [-0.2, 0) is 6.42 Å². The topological polar surface area (TPSA) is 75.1 Å². The molecule has 3 aromatic rings. The highest BCUT2D eigenvalue weighted by Gasteiger charge is 2.31. The van der Waals surface area contributed by atoms with Crippen LogP contribution in [0.15, 0.2) is 36.0 Å². The fourth-order valence-electron chi connectivity index (χ4n) is 4.19. The van der Waals surface area contributed by atoms with Crippen LogP contribution in [0.5, 0.6) is 0 Å². The normalized spacial score (nSPS) is 19.3. The first-order chi connectivity index (χ1) is 14.2. The maximum Gasteiger partial charge on any atom is 0.225 e. The summed E-state index contributed by atoms with van der Waals surface area (Å²) in [5.41, 5.74) is 2.43. The van der Waals surface area contributed by atoms with Crippen molar-refractivity contribution in [1.82, 2.24) is 19.9 Å². The molecule has 2 aliphatic rings. The van der Waals surface area contributed by atoms with Gasteiger partial charge in [-0.2, -0.15) is 0 Å². The van der Waals surface area contributed by atoms with E-state index in [2.05, 4.69) is 31.2 Å². The van der Waals surface area contributed by atoms with Crippen molar-refractivity contribution < 1.29 is 4.79 Å². The number of hydrogen-bond donors (Lipinski definition) is 0. The summed E-state index contributed by atoms with van der Waals surface area (Å²) >= 11 is 1.72. The Labute approximate surface area is 173 Å². The van der Waals surface area contributed by atoms with Crippen molar-refractivity contribution in [1.29, 1.82) is 0 Å². The maximum atomic E-state index is 12.8. The zero-order valence-electron chi connectivity index (χ0n) is 16.3. The zero-order chi connectivity index (χ0) is 19.8. The molecule has 3 aromatic heterocycles. The molecule has 0 amide bonds. The Balaban J connectivity index is 1.37. The molecule has 0 saturated carbocycles. The Morgan fingerprint density at radius 1 is 0.966 bits per heavy atom. The second-order valence-corrected chi connectivity index (χ2v) is 8.48. The molecule has 0 N–H and O–H groups in total. The first-order valence-electron chi connectivity index (χ1n) is 9.90. The van der Waals surface area contributed by atoms with Crippen molar-refractivity contribution in [3.05, 3.63) is 57.8 Å². The van der Waals surface area contributed by atoms with E-state index in [1.54, 1.807) is 23.7 Å². The van der Waals surface area contributed by atoms with Gasteiger partial charge in [0.05, 0.1) is 17.0 Å². The van der Waals surface area contributed by atoms with Gasteiger partial charge in [0.25, 0.3) is 0 Å². The Hall–Kier alpha value is -2.87. The van der Waals surface area contributed by atoms with Gasteiger partial charge in [-0.05, 0) is 30.9 Å². The molecule has 0 bridgehead atoms. The first-order valence-corrected chi connectivity index (χ1v) is 10.8. The number of piperazine rings is 1. The Bertz CT molecular complexity index is 1020. The Kier molecular flexibility index (Phi) is 4.71. The van der Waals surface area contributed by atoms with Crippen molar-refractivity contribution in [2.75, 3.05) is 36.0 Å². The van der Waals surface area contributed by atoms with Gasteiger partial charge in [-0.15, -0.1) is 11.3 Å². The van der Waals surface area contributed by atoms with Gasteiger partial charge in [-0.3, -0.25) is 4.79 Å². The van der Waals surface area contributed by atoms with Crippen molar-refractivity contribution >= 4 is 29.0 Å². The van der Waals surface area contributed by atoms with E-state index in [-0.39, 0.29) is 11.7 Å². The molecule has 4 heterocycles. The summed E-state index contributed by atoms with van der Waals surface area (Å²) in [6.07, 6.45) is 4.89. The molecule has 0 spiro atoms. The van der Waals surface area contributed by atoms with E-state index in [0.717, 1.165) is 61.4 Å². The van der Waals surface area contributed by atoms with Gasteiger partial charge < -0.3 is 9.80 Å². The van der Waals surface area contributed by atoms with E-state index < -0.39 is 0 Å². The number of carbonyl (C=O) groups excluding carboxylic acids is 1. The molecule has 0 unspecified atom stereocenters. The Morgan fingerprint density at radius 2 is 1.69 bits per heavy atom. The summed E-state index contributed by atoms with van der Waals surface area (Å²) in [5.74, 6) is 1.89. The lowest BCUT2D eigenvalue weighted by Crippen LogP contribution is -2.48. The van der Waals surface area contributed by atoms with Gasteiger partial charge in [0.2, 0.25) is 11.9 Å². The summed E-state index contributed by atoms with van der Waals surface area (Å²) in [4.78, 5) is 36.7. The van der Waals surface area contributed by atoms with Crippen LogP contribution in [0.1, 0.15) is 39.0 Å². The molecule has 29 heavy (non-hydrogen) atoms. The molecule has 1 aliphatic heterocycles. The first kappa shape index (κ1) is 18.2. The fourth-order valence-corrected chi connectivity index (χ4v) is 5.02. The number of hydrogen-bond acceptors (Lipinski definition) is 8. The third kappa shape index (κ3) is 3.48. The minimum absolute atomic E-state index is 0.166. The number of carbonyl (C=O) groups is 1. The van der Waals surface area contributed by atoms with Crippen LogP contribution in [0.4, 0.5) is 11.9 Å². The predicted octanol–water partition coefficient (Wildman–Crippen LogP) is 2.88. The van der Waals surface area contributed by atoms with Gasteiger partial charge in [0, 0.05) is 55.8 Å². The SMILES string of the molecule is Cc1nc(N2CCN(c3ncccn3)CC2)nc2c1C(=O)C[C@H](c1cccs1)C2. The second-order valence-electron chi connectivity index (χ2n) is 7.50. The molecular formula is C21H22N6OS. The zero-order valence-corrected chi connectivity index (χ0v) is 17.1. The minimum Gasteiger partial charge on any atom is -0.337 e. The molecular weight excluding hydrogens is 384 g/mol. The summed E-state index contributed by atoms with van der Waals surface area (Å²) in [6.45, 7) is 5.18. The van der Waals surface area contributed by atoms with Crippen molar-refractivity contribution in [3.63, 3.8) is 0 Å². The number of ketones is 1. The number of fused-ring (bicyclic) bond motifs is 1. The fraction of sp³-hybridized carbons (Fsp3) is 0.381. The van der Waals surface area contributed by atoms with Crippen molar-refractivity contribution in [2.45, 2.75) is 25.7 Å². The van der Waals surface area contributed by atoms with Crippen LogP contribution in [-0.4, -0.2) is 51.9 Å². The van der Waals surface area contributed by atoms with Crippen LogP contribution in [0, 0.1) is 6.92 Å². The highest BCUT2D eigenvalue weighted by atomic mass is 32.1. The number of nitrogens with zero attached hydrogens (tertiary/aromatic N) is 6. The standard InChI is InChI=1S/C21H22N6OS/c1-14-19-16(12-15(13-17(19)28)18-4-2-11-29-18)25-21(24-14)27-9-7-26(8-10-27)20-22-5-3-6-23-20/h2-6,11,15H,7-10,12-13H2,1H3/t15-/m1/s1. The number of anilines is 2. The molecule has 8 heteroatoms. The Morgan fingerprint density at radius 3 is 2.38 bits per heavy atom. The van der Waals surface area contributed by atoms with Crippen LogP contribution in [0.3, 0.4) is 0 Å². The highest BCUT2D eigenvalue weighted by molar-refractivity contribution is 7.10. The van der Waals surface area contributed by atoms with Crippen LogP contribution < -0.4 is 9.80 Å². The van der Waals surface area contributed by atoms with E-state index in [0.29, 0.717) is 6.42 Å². The van der Waals surface area contributed by atoms with E-state index in [9.17, 15) is 4.79 Å². The summed E-state index contributed by atoms with van der Waals surface area (Å²) < 4.78 is 0. The average molecular weight is 407 g/mol. The molecule has 5 rings (SSSR count). The average Bonchev–Trinajstić information content (AvgIpc) is 3.29. The van der Waals surface area contributed by atoms with Gasteiger partial charge in [-0.25, -0.2) is 19.9 Å². The van der Waals surface area contributed by atoms with Crippen LogP contribution in [0.25, 0.3) is 0 Å². The number of thiophene rings is 1. The molecule has 148 valence electrons. The lowest BCUT2D eigenvalue weighted by molar-refractivity contribution is 0.0962. The van der Waals surface area contributed by atoms with Crippen molar-refractivity contribution in [3.8, 4) is 0 Å². The molecule has 7 nitrogen and oxygen atoms in total. The van der Waals surface area contributed by atoms with Crippen LogP contribution >= 0.6 is 11.3 Å². The minimum atomic E-state index is 0.166. The molecule has 1 aliphatic carbocycles. The van der Waals surface area contributed by atoms with E-state index in [4.69, 9.17) is 9.97 Å². The lowest BCUT2D eigenvalue weighted by atomic mass is 9.84. The molecule has 1 fully saturated rings. The second kappa shape index (κ2) is 7.51. The third-order valence-corrected chi connectivity index (χ3v) is 6.68. The highest BCUT2D eigenvalue weighted by Crippen LogP contribution is 2.35. The molecule has 1 atom stereocenters. The van der Waals surface area contributed by atoms with E-state index in [1.165, 1.54) is 4.88 Å². The smallest absolute Gasteiger partial charge is 0.225 e. The predicted molar refractivity (Wildman–Crippen MR) is 113 cm³/mol. The molecule has 0 aromatic carbocycles. The lowest BCUT2D eigenvalue weighted by Gasteiger charge is -2.35. The number of rotatable bonds is 3. The van der Waals surface area contributed by atoms with E-state index >= 15 is 0 Å². The maximum absolute atomic E-state index is 12.8. The quantitative estimate of drug-likeness (QED) is 0.662. The summed E-state index contributed by atoms with van der Waals surface area (Å²) in [5, 5.41) is 2.07. The third-order valence-electron chi connectivity index (χ3n) is 5.65. The van der Waals surface area contributed by atoms with Gasteiger partial charge in [-0.1, -0.05) is 6.07 Å². The largest absolute Gasteiger partial charge is 0.337 e. The molecule has 0 radical (unpaired) electrons. The monoisotopic (exact) mass is 406 g/mol. The van der Waals surface area contributed by atoms with Gasteiger partial charge in [0.1, 0.15) is 0 Å². The summed E-state index contributed by atoms with van der Waals surface area (Å²) in [6, 6.07) is 5.99. The van der Waals surface area contributed by atoms with Gasteiger partial charge in [0.15, 0.2) is 5.78 Å². The van der Waals surface area contributed by atoms with Crippen molar-refractivity contribution in [2.24, 2.45) is 0 Å². The molecule has 1 saturated heterocycles. The van der Waals surface area contributed by atoms with Gasteiger partial charge >= 0.3 is 0 Å². The van der Waals surface area contributed by atoms with Crippen LogP contribution in [0.2, 0.25) is 0 Å².